The summed E-state index contributed by atoms with van der Waals surface area (Å²) < 4.78 is 11.9. The van der Waals surface area contributed by atoms with E-state index in [2.05, 4.69) is 16.4 Å². The molecule has 0 bridgehead atoms. The Labute approximate surface area is 152 Å². The van der Waals surface area contributed by atoms with Crippen LogP contribution in [0.25, 0.3) is 22.0 Å². The van der Waals surface area contributed by atoms with Crippen LogP contribution in [0.5, 0.6) is 0 Å². The molecule has 1 aliphatic rings. The van der Waals surface area contributed by atoms with Gasteiger partial charge in [0, 0.05) is 33.9 Å². The van der Waals surface area contributed by atoms with Crippen molar-refractivity contribution in [2.24, 2.45) is 11.7 Å². The Bertz CT molecular complexity index is 944. The fourth-order valence-electron chi connectivity index (χ4n) is 3.68. The summed E-state index contributed by atoms with van der Waals surface area (Å²) in [6, 6.07) is 6.05. The zero-order valence-corrected chi connectivity index (χ0v) is 15.4. The van der Waals surface area contributed by atoms with Crippen LogP contribution in [0.2, 0.25) is 0 Å². The highest BCUT2D eigenvalue weighted by molar-refractivity contribution is 7.85. The molecule has 130 valence electrons. The van der Waals surface area contributed by atoms with Gasteiger partial charge in [-0.15, -0.1) is 0 Å². The number of aromatic amines is 1. The van der Waals surface area contributed by atoms with Gasteiger partial charge in [-0.25, -0.2) is 0 Å². The summed E-state index contributed by atoms with van der Waals surface area (Å²) in [5.74, 6) is 1.63. The van der Waals surface area contributed by atoms with E-state index in [1.807, 2.05) is 23.7 Å². The van der Waals surface area contributed by atoms with E-state index in [-0.39, 0.29) is 0 Å². The van der Waals surface area contributed by atoms with Crippen molar-refractivity contribution in [1.82, 2.24) is 4.98 Å². The SMILES string of the molecule is NC(=O)c1cc(-c2ccsc2)cc2c(CC3CCCS(=O)C3)c[nH]c12. The Morgan fingerprint density at radius 1 is 1.36 bits per heavy atom. The third kappa shape index (κ3) is 3.28. The molecule has 2 atom stereocenters. The number of primary amides is 1. The standard InChI is InChI=1S/C19H20N2O2S2/c20-19(22)17-8-14(13-3-4-24-10-13)7-16-15(9-21-18(16)17)6-12-2-1-5-25(23)11-12/h3-4,7-10,12,21H,1-2,5-6,11H2,(H2,20,22). The molecule has 0 spiro atoms. The number of aromatic nitrogens is 1. The van der Waals surface area contributed by atoms with Crippen LogP contribution >= 0.6 is 11.3 Å². The van der Waals surface area contributed by atoms with E-state index in [1.54, 1.807) is 11.3 Å². The zero-order valence-electron chi connectivity index (χ0n) is 13.8. The lowest BCUT2D eigenvalue weighted by Gasteiger charge is -2.20. The van der Waals surface area contributed by atoms with Crippen molar-refractivity contribution in [2.45, 2.75) is 19.3 Å². The molecule has 25 heavy (non-hydrogen) atoms. The van der Waals surface area contributed by atoms with E-state index in [0.717, 1.165) is 52.8 Å². The van der Waals surface area contributed by atoms with Gasteiger partial charge in [0.05, 0.1) is 11.1 Å². The lowest BCUT2D eigenvalue weighted by molar-refractivity contribution is 0.100. The van der Waals surface area contributed by atoms with E-state index in [1.165, 1.54) is 5.56 Å². The number of thiophene rings is 1. The van der Waals surface area contributed by atoms with Crippen LogP contribution in [0.15, 0.2) is 35.2 Å². The summed E-state index contributed by atoms with van der Waals surface area (Å²) in [5, 5.41) is 5.15. The number of carbonyl (C=O) groups is 1. The highest BCUT2D eigenvalue weighted by Crippen LogP contribution is 2.32. The maximum absolute atomic E-state index is 11.9. The summed E-state index contributed by atoms with van der Waals surface area (Å²) in [7, 11) is -0.689. The van der Waals surface area contributed by atoms with Crippen LogP contribution < -0.4 is 5.73 Å². The average molecular weight is 373 g/mol. The molecule has 1 aromatic carbocycles. The van der Waals surface area contributed by atoms with E-state index in [4.69, 9.17) is 5.73 Å². The minimum atomic E-state index is -0.689. The molecule has 2 unspecified atom stereocenters. The number of carbonyl (C=O) groups excluding carboxylic acids is 1. The van der Waals surface area contributed by atoms with Gasteiger partial charge in [-0.2, -0.15) is 11.3 Å². The van der Waals surface area contributed by atoms with Gasteiger partial charge >= 0.3 is 0 Å². The summed E-state index contributed by atoms with van der Waals surface area (Å²) >= 11 is 1.63. The zero-order chi connectivity index (χ0) is 17.4. The number of hydrogen-bond donors (Lipinski definition) is 2. The Morgan fingerprint density at radius 2 is 2.24 bits per heavy atom. The topological polar surface area (TPSA) is 76.0 Å². The predicted octanol–water partition coefficient (Wildman–Crippen LogP) is 3.70. The summed E-state index contributed by atoms with van der Waals surface area (Å²) in [6.07, 6.45) is 5.01. The van der Waals surface area contributed by atoms with E-state index >= 15 is 0 Å². The number of rotatable bonds is 4. The second kappa shape index (κ2) is 6.77. The van der Waals surface area contributed by atoms with Gasteiger partial charge in [0.1, 0.15) is 0 Å². The number of benzene rings is 1. The minimum absolute atomic E-state index is 0.422. The summed E-state index contributed by atoms with van der Waals surface area (Å²) in [6.45, 7) is 0. The van der Waals surface area contributed by atoms with Gasteiger partial charge < -0.3 is 10.7 Å². The molecular weight excluding hydrogens is 352 g/mol. The minimum Gasteiger partial charge on any atom is -0.366 e. The molecule has 6 heteroatoms. The maximum atomic E-state index is 11.9. The number of hydrogen-bond acceptors (Lipinski definition) is 3. The first-order valence-electron chi connectivity index (χ1n) is 8.43. The van der Waals surface area contributed by atoms with E-state index in [9.17, 15) is 9.00 Å². The molecule has 0 saturated carbocycles. The molecule has 1 amide bonds. The number of H-pyrrole nitrogens is 1. The van der Waals surface area contributed by atoms with Gasteiger partial charge in [-0.1, -0.05) is 0 Å². The molecule has 1 saturated heterocycles. The van der Waals surface area contributed by atoms with Crippen molar-refractivity contribution < 1.29 is 9.00 Å². The van der Waals surface area contributed by atoms with Crippen molar-refractivity contribution in [3.05, 3.63) is 46.3 Å². The molecule has 1 fully saturated rings. The van der Waals surface area contributed by atoms with Crippen molar-refractivity contribution in [3.8, 4) is 11.1 Å². The molecular formula is C19H20N2O2S2. The third-order valence-electron chi connectivity index (χ3n) is 4.91. The van der Waals surface area contributed by atoms with Gasteiger partial charge in [0.2, 0.25) is 0 Å². The molecule has 3 aromatic rings. The highest BCUT2D eigenvalue weighted by atomic mass is 32.2. The van der Waals surface area contributed by atoms with Crippen molar-refractivity contribution in [2.75, 3.05) is 11.5 Å². The second-order valence-corrected chi connectivity index (χ2v) is 9.06. The van der Waals surface area contributed by atoms with E-state index in [0.29, 0.717) is 11.5 Å². The van der Waals surface area contributed by atoms with Crippen molar-refractivity contribution in [3.63, 3.8) is 0 Å². The lowest BCUT2D eigenvalue weighted by Crippen LogP contribution is -2.21. The average Bonchev–Trinajstić information content (AvgIpc) is 3.24. The summed E-state index contributed by atoms with van der Waals surface area (Å²) in [5.41, 5.74) is 10.2. The highest BCUT2D eigenvalue weighted by Gasteiger charge is 2.21. The molecule has 1 aliphatic heterocycles. The smallest absolute Gasteiger partial charge is 0.250 e. The predicted molar refractivity (Wildman–Crippen MR) is 104 cm³/mol. The van der Waals surface area contributed by atoms with Gasteiger partial charge in [-0.3, -0.25) is 9.00 Å². The molecule has 4 nitrogen and oxygen atoms in total. The van der Waals surface area contributed by atoms with Crippen LogP contribution in [0.1, 0.15) is 28.8 Å². The third-order valence-corrected chi connectivity index (χ3v) is 7.18. The normalized spacial score (nSPS) is 20.8. The monoisotopic (exact) mass is 372 g/mol. The number of nitrogens with one attached hydrogen (secondary N) is 1. The molecule has 0 aliphatic carbocycles. The first-order valence-corrected chi connectivity index (χ1v) is 10.9. The van der Waals surface area contributed by atoms with Crippen LogP contribution in [0.4, 0.5) is 0 Å². The van der Waals surface area contributed by atoms with E-state index < -0.39 is 16.7 Å². The first kappa shape index (κ1) is 16.5. The maximum Gasteiger partial charge on any atom is 0.250 e. The first-order chi connectivity index (χ1) is 12.1. The number of fused-ring (bicyclic) bond motifs is 1. The van der Waals surface area contributed by atoms with Crippen LogP contribution in [-0.2, 0) is 17.2 Å². The number of nitrogens with two attached hydrogens (primary N) is 1. The molecule has 4 rings (SSSR count). The van der Waals surface area contributed by atoms with Crippen LogP contribution in [0, 0.1) is 5.92 Å². The fraction of sp³-hybridized carbons (Fsp3) is 0.316. The molecule has 3 heterocycles. The van der Waals surface area contributed by atoms with Gasteiger partial charge in [0.15, 0.2) is 0 Å². The second-order valence-electron chi connectivity index (χ2n) is 6.66. The molecule has 3 N–H and O–H groups in total. The molecule has 2 aromatic heterocycles. The molecule has 0 radical (unpaired) electrons. The fourth-order valence-corrected chi connectivity index (χ4v) is 5.81. The Morgan fingerprint density at radius 3 is 2.96 bits per heavy atom. The quantitative estimate of drug-likeness (QED) is 0.733. The Balaban J connectivity index is 1.78. The largest absolute Gasteiger partial charge is 0.366 e. The van der Waals surface area contributed by atoms with Crippen LogP contribution in [0.3, 0.4) is 0 Å². The summed E-state index contributed by atoms with van der Waals surface area (Å²) in [4.78, 5) is 15.2. The number of amides is 1. The van der Waals surface area contributed by atoms with Crippen LogP contribution in [-0.4, -0.2) is 26.6 Å². The van der Waals surface area contributed by atoms with Crippen molar-refractivity contribution >= 4 is 38.9 Å². The van der Waals surface area contributed by atoms with Crippen molar-refractivity contribution in [1.29, 1.82) is 0 Å². The Kier molecular flexibility index (Phi) is 4.48. The Hall–Kier alpha value is -1.92. The van der Waals surface area contributed by atoms with Gasteiger partial charge in [-0.05, 0) is 70.8 Å². The lowest BCUT2D eigenvalue weighted by atomic mass is 9.94. The van der Waals surface area contributed by atoms with Gasteiger partial charge in [0.25, 0.3) is 5.91 Å².